The first kappa shape index (κ1) is 20.1. The van der Waals surface area contributed by atoms with E-state index < -0.39 is 0 Å². The number of nitrogens with one attached hydrogen (secondary N) is 2. The van der Waals surface area contributed by atoms with E-state index in [2.05, 4.69) is 28.5 Å². The Kier molecular flexibility index (Phi) is 7.20. The van der Waals surface area contributed by atoms with E-state index >= 15 is 0 Å². The Morgan fingerprint density at radius 3 is 2.43 bits per heavy atom. The third-order valence-electron chi connectivity index (χ3n) is 5.25. The van der Waals surface area contributed by atoms with Crippen LogP contribution >= 0.6 is 0 Å². The molecule has 5 nitrogen and oxygen atoms in total. The Morgan fingerprint density at radius 2 is 1.71 bits per heavy atom. The molecule has 1 fully saturated rings. The van der Waals surface area contributed by atoms with Crippen molar-refractivity contribution in [3.63, 3.8) is 0 Å². The number of likely N-dealkylation sites (tertiary alicyclic amines) is 1. The Labute approximate surface area is 167 Å². The minimum absolute atomic E-state index is 0.000215. The maximum Gasteiger partial charge on any atom is 0.238 e. The summed E-state index contributed by atoms with van der Waals surface area (Å²) in [6.07, 6.45) is 2.53. The lowest BCUT2D eigenvalue weighted by Gasteiger charge is -2.30. The molecule has 0 saturated carbocycles. The predicted molar refractivity (Wildman–Crippen MR) is 112 cm³/mol. The van der Waals surface area contributed by atoms with Crippen LogP contribution in [-0.4, -0.2) is 36.3 Å². The highest BCUT2D eigenvalue weighted by Crippen LogP contribution is 2.18. The van der Waals surface area contributed by atoms with Crippen LogP contribution in [0.2, 0.25) is 0 Å². The van der Waals surface area contributed by atoms with E-state index in [1.54, 1.807) is 0 Å². The Hall–Kier alpha value is -2.66. The van der Waals surface area contributed by atoms with Gasteiger partial charge in [-0.05, 0) is 55.6 Å². The van der Waals surface area contributed by atoms with Crippen LogP contribution < -0.4 is 10.6 Å². The molecule has 2 amide bonds. The molecule has 2 N–H and O–H groups in total. The summed E-state index contributed by atoms with van der Waals surface area (Å²) in [6, 6.07) is 17.9. The number of anilines is 1. The molecule has 2 aromatic rings. The van der Waals surface area contributed by atoms with Gasteiger partial charge in [0, 0.05) is 18.2 Å². The summed E-state index contributed by atoms with van der Waals surface area (Å²) >= 11 is 0. The quantitative estimate of drug-likeness (QED) is 0.777. The van der Waals surface area contributed by atoms with E-state index in [1.165, 1.54) is 5.56 Å². The summed E-state index contributed by atoms with van der Waals surface area (Å²) in [7, 11) is 0. The molecule has 3 rings (SSSR count). The number of rotatable bonds is 7. The fourth-order valence-electron chi connectivity index (χ4n) is 3.56. The van der Waals surface area contributed by atoms with Crippen molar-refractivity contribution in [1.29, 1.82) is 0 Å². The molecule has 0 unspecified atom stereocenters. The van der Waals surface area contributed by atoms with Gasteiger partial charge in [0.2, 0.25) is 11.8 Å². The summed E-state index contributed by atoms with van der Waals surface area (Å²) in [4.78, 5) is 26.8. The minimum Gasteiger partial charge on any atom is -0.352 e. The minimum atomic E-state index is 0.000215. The first-order valence-electron chi connectivity index (χ1n) is 10.1. The third kappa shape index (κ3) is 5.92. The Morgan fingerprint density at radius 1 is 1.00 bits per heavy atom. The van der Waals surface area contributed by atoms with E-state index in [1.807, 2.05) is 48.5 Å². The van der Waals surface area contributed by atoms with Crippen LogP contribution in [0.1, 0.15) is 30.9 Å². The summed E-state index contributed by atoms with van der Waals surface area (Å²) in [6.45, 7) is 4.58. The van der Waals surface area contributed by atoms with Crippen molar-refractivity contribution in [2.45, 2.75) is 32.7 Å². The highest BCUT2D eigenvalue weighted by Gasteiger charge is 2.25. The molecule has 148 valence electrons. The lowest BCUT2D eigenvalue weighted by molar-refractivity contribution is -0.126. The zero-order valence-electron chi connectivity index (χ0n) is 16.5. The van der Waals surface area contributed by atoms with Gasteiger partial charge in [-0.15, -0.1) is 0 Å². The molecule has 1 heterocycles. The average Bonchev–Trinajstić information content (AvgIpc) is 2.73. The fraction of sp³-hybridized carbons (Fsp3) is 0.391. The second kappa shape index (κ2) is 10.0. The van der Waals surface area contributed by atoms with E-state index in [0.717, 1.165) is 43.6 Å². The van der Waals surface area contributed by atoms with Crippen molar-refractivity contribution in [1.82, 2.24) is 10.2 Å². The molecular weight excluding hydrogens is 350 g/mol. The number of aryl methyl sites for hydroxylation is 1. The van der Waals surface area contributed by atoms with Gasteiger partial charge in [0.1, 0.15) is 0 Å². The standard InChI is InChI=1S/C23H29N3O2/c1-2-18-9-6-10-21(15-18)25-22(27)17-26-13-11-20(12-14-26)23(28)24-16-19-7-4-3-5-8-19/h3-10,15,20H,2,11-14,16-17H2,1H3,(H,24,28)(H,25,27). The highest BCUT2D eigenvalue weighted by atomic mass is 16.2. The number of hydrogen-bond acceptors (Lipinski definition) is 3. The molecule has 1 aliphatic rings. The molecule has 5 heteroatoms. The number of amides is 2. The third-order valence-corrected chi connectivity index (χ3v) is 5.25. The van der Waals surface area contributed by atoms with Gasteiger partial charge < -0.3 is 10.6 Å². The van der Waals surface area contributed by atoms with Crippen LogP contribution in [0, 0.1) is 5.92 Å². The van der Waals surface area contributed by atoms with Gasteiger partial charge in [0.15, 0.2) is 0 Å². The van der Waals surface area contributed by atoms with Gasteiger partial charge >= 0.3 is 0 Å². The maximum atomic E-state index is 12.4. The van der Waals surface area contributed by atoms with Gasteiger partial charge in [-0.3, -0.25) is 14.5 Å². The number of hydrogen-bond donors (Lipinski definition) is 2. The van der Waals surface area contributed by atoms with E-state index in [9.17, 15) is 9.59 Å². The van der Waals surface area contributed by atoms with E-state index in [0.29, 0.717) is 13.1 Å². The zero-order valence-corrected chi connectivity index (χ0v) is 16.5. The molecule has 1 aliphatic heterocycles. The van der Waals surface area contributed by atoms with Gasteiger partial charge in [-0.2, -0.15) is 0 Å². The Bertz CT molecular complexity index is 783. The molecule has 2 aromatic carbocycles. The van der Waals surface area contributed by atoms with Crippen molar-refractivity contribution in [2.75, 3.05) is 25.0 Å². The molecular formula is C23H29N3O2. The number of carbonyl (C=O) groups is 2. The van der Waals surface area contributed by atoms with Crippen molar-refractivity contribution >= 4 is 17.5 Å². The highest BCUT2D eigenvalue weighted by molar-refractivity contribution is 5.92. The van der Waals surface area contributed by atoms with Crippen LogP contribution in [0.4, 0.5) is 5.69 Å². The van der Waals surface area contributed by atoms with Crippen molar-refractivity contribution in [3.05, 3.63) is 65.7 Å². The smallest absolute Gasteiger partial charge is 0.238 e. The fourth-order valence-corrected chi connectivity index (χ4v) is 3.56. The molecule has 28 heavy (non-hydrogen) atoms. The molecule has 0 bridgehead atoms. The molecule has 0 atom stereocenters. The van der Waals surface area contributed by atoms with Crippen LogP contribution in [0.3, 0.4) is 0 Å². The predicted octanol–water partition coefficient (Wildman–Crippen LogP) is 3.22. The van der Waals surface area contributed by atoms with Crippen LogP contribution in [0.15, 0.2) is 54.6 Å². The zero-order chi connectivity index (χ0) is 19.8. The first-order chi connectivity index (χ1) is 13.6. The average molecular weight is 380 g/mol. The summed E-state index contributed by atoms with van der Waals surface area (Å²) in [5.74, 6) is 0.147. The molecule has 0 aliphatic carbocycles. The van der Waals surface area contributed by atoms with E-state index in [4.69, 9.17) is 0 Å². The van der Waals surface area contributed by atoms with Gasteiger partial charge in [-0.25, -0.2) is 0 Å². The summed E-state index contributed by atoms with van der Waals surface area (Å²) in [5.41, 5.74) is 3.16. The molecule has 0 spiro atoms. The summed E-state index contributed by atoms with van der Waals surface area (Å²) in [5, 5.41) is 6.01. The molecule has 1 saturated heterocycles. The SMILES string of the molecule is CCc1cccc(NC(=O)CN2CCC(C(=O)NCc3ccccc3)CC2)c1. The van der Waals surface area contributed by atoms with Gasteiger partial charge in [-0.1, -0.05) is 49.4 Å². The second-order valence-electron chi connectivity index (χ2n) is 7.36. The van der Waals surface area contributed by atoms with Crippen molar-refractivity contribution < 1.29 is 9.59 Å². The first-order valence-corrected chi connectivity index (χ1v) is 10.1. The number of nitrogens with zero attached hydrogens (tertiary/aromatic N) is 1. The number of piperidine rings is 1. The normalized spacial score (nSPS) is 15.2. The maximum absolute atomic E-state index is 12.4. The van der Waals surface area contributed by atoms with Crippen LogP contribution in [-0.2, 0) is 22.6 Å². The molecule has 0 aromatic heterocycles. The Balaban J connectivity index is 1.39. The van der Waals surface area contributed by atoms with Crippen LogP contribution in [0.25, 0.3) is 0 Å². The second-order valence-corrected chi connectivity index (χ2v) is 7.36. The van der Waals surface area contributed by atoms with Crippen molar-refractivity contribution in [2.24, 2.45) is 5.92 Å². The van der Waals surface area contributed by atoms with Gasteiger partial charge in [0.05, 0.1) is 6.54 Å². The topological polar surface area (TPSA) is 61.4 Å². The number of benzene rings is 2. The van der Waals surface area contributed by atoms with Crippen LogP contribution in [0.5, 0.6) is 0 Å². The van der Waals surface area contributed by atoms with Gasteiger partial charge in [0.25, 0.3) is 0 Å². The largest absolute Gasteiger partial charge is 0.352 e. The monoisotopic (exact) mass is 379 g/mol. The van der Waals surface area contributed by atoms with E-state index in [-0.39, 0.29) is 17.7 Å². The number of carbonyl (C=O) groups excluding carboxylic acids is 2. The molecule has 0 radical (unpaired) electrons. The van der Waals surface area contributed by atoms with Crippen molar-refractivity contribution in [3.8, 4) is 0 Å². The lowest BCUT2D eigenvalue weighted by atomic mass is 9.96. The summed E-state index contributed by atoms with van der Waals surface area (Å²) < 4.78 is 0. The lowest BCUT2D eigenvalue weighted by Crippen LogP contribution is -2.43.